The average Bonchev–Trinajstić information content (AvgIpc) is 2.70. The third kappa shape index (κ3) is 6.92. The molecule has 0 saturated heterocycles. The van der Waals surface area contributed by atoms with Crippen molar-refractivity contribution in [3.05, 3.63) is 65.7 Å². The number of nitrogens with zero attached hydrogens (tertiary/aromatic N) is 1. The summed E-state index contributed by atoms with van der Waals surface area (Å²) in [7, 11) is 1.67. The lowest BCUT2D eigenvalue weighted by atomic mass is 10.1. The van der Waals surface area contributed by atoms with Gasteiger partial charge < -0.3 is 14.4 Å². The third-order valence-corrected chi connectivity index (χ3v) is 4.33. The maximum atomic E-state index is 12.4. The van der Waals surface area contributed by atoms with Gasteiger partial charge in [-0.3, -0.25) is 10.1 Å². The number of hydrogen-bond donors (Lipinski definition) is 1. The minimum absolute atomic E-state index is 0.154. The fourth-order valence-corrected chi connectivity index (χ4v) is 2.63. The van der Waals surface area contributed by atoms with Crippen molar-refractivity contribution >= 4 is 23.7 Å². The summed E-state index contributed by atoms with van der Waals surface area (Å²) in [5.74, 6) is -0.973. The second kappa shape index (κ2) is 9.91. The van der Waals surface area contributed by atoms with E-state index in [1.54, 1.807) is 46.0 Å². The highest BCUT2D eigenvalue weighted by Gasteiger charge is 2.20. The lowest BCUT2D eigenvalue weighted by Gasteiger charge is -2.25. The van der Waals surface area contributed by atoms with Gasteiger partial charge in [-0.25, -0.2) is 9.59 Å². The van der Waals surface area contributed by atoms with Gasteiger partial charge in [0.2, 0.25) is 0 Å². The van der Waals surface area contributed by atoms with Gasteiger partial charge in [0.15, 0.2) is 6.61 Å². The van der Waals surface area contributed by atoms with E-state index < -0.39 is 17.7 Å². The van der Waals surface area contributed by atoms with Crippen LogP contribution in [-0.2, 0) is 14.3 Å². The summed E-state index contributed by atoms with van der Waals surface area (Å²) in [5.41, 5.74) is 0.958. The van der Waals surface area contributed by atoms with Gasteiger partial charge in [-0.15, -0.1) is 0 Å². The van der Waals surface area contributed by atoms with Crippen molar-refractivity contribution < 1.29 is 23.9 Å². The molecule has 0 radical (unpaired) electrons. The van der Waals surface area contributed by atoms with E-state index in [1.165, 1.54) is 11.0 Å². The predicted octanol–water partition coefficient (Wildman–Crippen LogP) is 4.41. The van der Waals surface area contributed by atoms with Crippen LogP contribution in [0.2, 0.25) is 0 Å². The number of esters is 1. The Hall–Kier alpha value is -3.35. The van der Waals surface area contributed by atoms with E-state index in [2.05, 4.69) is 5.32 Å². The fourth-order valence-electron chi connectivity index (χ4n) is 2.63. The van der Waals surface area contributed by atoms with Crippen molar-refractivity contribution in [2.75, 3.05) is 19.0 Å². The van der Waals surface area contributed by atoms with Crippen molar-refractivity contribution in [3.8, 4) is 0 Å². The first-order valence-electron chi connectivity index (χ1n) is 9.64. The van der Waals surface area contributed by atoms with Crippen molar-refractivity contribution in [1.29, 1.82) is 0 Å². The van der Waals surface area contributed by atoms with Crippen molar-refractivity contribution in [2.24, 2.45) is 0 Å². The molecule has 0 heterocycles. The van der Waals surface area contributed by atoms with Crippen LogP contribution in [0.4, 0.5) is 10.5 Å². The molecular weight excluding hydrogens is 384 g/mol. The summed E-state index contributed by atoms with van der Waals surface area (Å²) in [6.07, 6.45) is -0.625. The van der Waals surface area contributed by atoms with E-state index in [0.29, 0.717) is 5.69 Å². The lowest BCUT2D eigenvalue weighted by molar-refractivity contribution is -0.135. The fraction of sp³-hybridized carbons (Fsp3) is 0.348. The SMILES string of the molecule is C[C@@H](c1ccccc1)N(C)C(=O)COC(=O)c1cccc(NC(=O)OC(C)(C)C)c1. The number of nitrogens with one attached hydrogen (secondary N) is 1. The highest BCUT2D eigenvalue weighted by atomic mass is 16.6. The number of carbonyl (C=O) groups is 3. The second-order valence-electron chi connectivity index (χ2n) is 7.88. The highest BCUT2D eigenvalue weighted by molar-refractivity contribution is 5.93. The van der Waals surface area contributed by atoms with Crippen LogP contribution >= 0.6 is 0 Å². The molecule has 0 saturated carbocycles. The summed E-state index contributed by atoms with van der Waals surface area (Å²) in [6, 6.07) is 15.7. The van der Waals surface area contributed by atoms with Gasteiger partial charge >= 0.3 is 12.1 Å². The molecule has 2 aromatic rings. The van der Waals surface area contributed by atoms with Gasteiger partial charge in [-0.1, -0.05) is 36.4 Å². The molecular formula is C23H28N2O5. The van der Waals surface area contributed by atoms with Gasteiger partial charge in [0, 0.05) is 12.7 Å². The van der Waals surface area contributed by atoms with E-state index in [4.69, 9.17) is 9.47 Å². The summed E-state index contributed by atoms with van der Waals surface area (Å²) >= 11 is 0. The van der Waals surface area contributed by atoms with Crippen LogP contribution in [0.5, 0.6) is 0 Å². The number of hydrogen-bond acceptors (Lipinski definition) is 5. The van der Waals surface area contributed by atoms with E-state index in [-0.39, 0.29) is 24.1 Å². The number of rotatable bonds is 6. The van der Waals surface area contributed by atoms with Crippen LogP contribution in [0, 0.1) is 0 Å². The number of anilines is 1. The molecule has 0 bridgehead atoms. The largest absolute Gasteiger partial charge is 0.452 e. The number of likely N-dealkylation sites (N-methyl/N-ethyl adjacent to an activating group) is 1. The molecule has 0 aliphatic rings. The molecule has 30 heavy (non-hydrogen) atoms. The van der Waals surface area contributed by atoms with Gasteiger partial charge in [-0.2, -0.15) is 0 Å². The molecule has 1 N–H and O–H groups in total. The number of carbonyl (C=O) groups excluding carboxylic acids is 3. The number of amides is 2. The average molecular weight is 412 g/mol. The molecule has 160 valence electrons. The minimum atomic E-state index is -0.656. The molecule has 7 heteroatoms. The van der Waals surface area contributed by atoms with Gasteiger partial charge in [0.1, 0.15) is 5.60 Å². The summed E-state index contributed by atoms with van der Waals surface area (Å²) < 4.78 is 10.4. The monoisotopic (exact) mass is 412 g/mol. The van der Waals surface area contributed by atoms with Crippen LogP contribution in [0.3, 0.4) is 0 Å². The Morgan fingerprint density at radius 3 is 2.33 bits per heavy atom. The molecule has 1 atom stereocenters. The summed E-state index contributed by atoms with van der Waals surface area (Å²) in [5, 5.41) is 2.57. The highest BCUT2D eigenvalue weighted by Crippen LogP contribution is 2.19. The van der Waals surface area contributed by atoms with Gasteiger partial charge in [0.25, 0.3) is 5.91 Å². The van der Waals surface area contributed by atoms with Crippen LogP contribution in [0.15, 0.2) is 54.6 Å². The van der Waals surface area contributed by atoms with Gasteiger partial charge in [-0.05, 0) is 51.5 Å². The molecule has 0 unspecified atom stereocenters. The van der Waals surface area contributed by atoms with E-state index in [9.17, 15) is 14.4 Å². The molecule has 0 spiro atoms. The first kappa shape index (κ1) is 22.9. The Labute approximate surface area is 177 Å². The Balaban J connectivity index is 1.93. The van der Waals surface area contributed by atoms with E-state index >= 15 is 0 Å². The molecule has 0 aliphatic heterocycles. The molecule has 7 nitrogen and oxygen atoms in total. The summed E-state index contributed by atoms with van der Waals surface area (Å²) in [4.78, 5) is 38.2. The first-order valence-corrected chi connectivity index (χ1v) is 9.64. The second-order valence-corrected chi connectivity index (χ2v) is 7.88. The first-order chi connectivity index (χ1) is 14.1. The maximum Gasteiger partial charge on any atom is 0.412 e. The maximum absolute atomic E-state index is 12.4. The number of ether oxygens (including phenoxy) is 2. The van der Waals surface area contributed by atoms with Crippen LogP contribution in [0.1, 0.15) is 49.7 Å². The van der Waals surface area contributed by atoms with Crippen LogP contribution in [0.25, 0.3) is 0 Å². The predicted molar refractivity (Wildman–Crippen MR) is 114 cm³/mol. The normalized spacial score (nSPS) is 11.9. The Bertz CT molecular complexity index is 890. The van der Waals surface area contributed by atoms with Crippen molar-refractivity contribution in [3.63, 3.8) is 0 Å². The Morgan fingerprint density at radius 2 is 1.70 bits per heavy atom. The Morgan fingerprint density at radius 1 is 1.03 bits per heavy atom. The minimum Gasteiger partial charge on any atom is -0.452 e. The van der Waals surface area contributed by atoms with Crippen LogP contribution < -0.4 is 5.32 Å². The van der Waals surface area contributed by atoms with Crippen molar-refractivity contribution in [2.45, 2.75) is 39.3 Å². The molecule has 0 aliphatic carbocycles. The molecule has 0 aromatic heterocycles. The smallest absolute Gasteiger partial charge is 0.412 e. The molecule has 2 rings (SSSR count). The standard InChI is InChI=1S/C23H28N2O5/c1-16(17-10-7-6-8-11-17)25(5)20(26)15-29-21(27)18-12-9-13-19(14-18)24-22(28)30-23(2,3)4/h6-14,16H,15H2,1-5H3,(H,24,28)/t16-/m0/s1. The molecule has 0 fully saturated rings. The molecule has 2 aromatic carbocycles. The Kier molecular flexibility index (Phi) is 7.58. The van der Waals surface area contributed by atoms with Crippen LogP contribution in [-0.4, -0.2) is 42.1 Å². The topological polar surface area (TPSA) is 84.9 Å². The van der Waals surface area contributed by atoms with Gasteiger partial charge in [0.05, 0.1) is 11.6 Å². The quantitative estimate of drug-likeness (QED) is 0.711. The summed E-state index contributed by atoms with van der Waals surface area (Å²) in [6.45, 7) is 6.80. The zero-order chi connectivity index (χ0) is 22.3. The van der Waals surface area contributed by atoms with E-state index in [1.807, 2.05) is 37.3 Å². The molecule has 2 amide bonds. The zero-order valence-electron chi connectivity index (χ0n) is 18.0. The zero-order valence-corrected chi connectivity index (χ0v) is 18.0. The van der Waals surface area contributed by atoms with Crippen molar-refractivity contribution in [1.82, 2.24) is 4.90 Å². The third-order valence-electron chi connectivity index (χ3n) is 4.33. The van der Waals surface area contributed by atoms with E-state index in [0.717, 1.165) is 5.56 Å². The lowest BCUT2D eigenvalue weighted by Crippen LogP contribution is -2.33. The number of benzene rings is 2.